The van der Waals surface area contributed by atoms with Gasteiger partial charge in [-0.05, 0) is 215 Å². The molecule has 366 valence electrons. The van der Waals surface area contributed by atoms with Crippen molar-refractivity contribution in [3.63, 3.8) is 0 Å². The molecule has 0 unspecified atom stereocenters. The number of benzene rings is 4. The first-order valence-electron chi connectivity index (χ1n) is 18.8. The lowest BCUT2D eigenvalue weighted by Crippen LogP contribution is -2.38. The highest BCUT2D eigenvalue weighted by atomic mass is 127. The van der Waals surface area contributed by atoms with Crippen molar-refractivity contribution < 1.29 is 63.0 Å². The number of amides is 9. The summed E-state index contributed by atoms with van der Waals surface area (Å²) in [7, 11) is 2.70. The Labute approximate surface area is 517 Å². The standard InChI is InChI=1S/C40H25I9N8O13/c1-50-33(61)15-22(42)19(39(67)68)28(48)31(24(15)44)54-12(58)7-52-35(63)17-21(41)18(27(47)30(26(17)46)56-14(60)9-57-37(65)10-5-3-4-6-11(10)38(57)66)36(64)53-8-13(59)55-32-25(45)16(34(62)51-2)23(43)20(29(32)49)40(69)70/h3-6H,7-9H2,1-2H3,(H,50,61)(H,51,62)(H,52,63)(H,53,64)(H,54,58)(H,55,59)(H,56,60)(H,67,68)(H,69,70). The number of hydrogen-bond donors (Lipinski definition) is 9. The van der Waals surface area contributed by atoms with Gasteiger partial charge < -0.3 is 47.4 Å². The Hall–Kier alpha value is -2.18. The SMILES string of the molecule is CNC(=O)c1c(I)c(NC(=O)CNC(=O)c2c(I)c(NC(=O)CN3C(=O)c4ccccc4C3=O)c(I)c(C(=O)NCC(=O)Nc3c(I)c(C(=O)O)c(I)c(C(=O)NC)c3I)c2I)c(I)c(C(=O)O)c1I. The van der Waals surface area contributed by atoms with Crippen LogP contribution in [-0.4, -0.2) is 114 Å². The molecule has 4 aromatic carbocycles. The summed E-state index contributed by atoms with van der Waals surface area (Å²) in [5, 5.41) is 37.5. The molecule has 0 radical (unpaired) electrons. The minimum Gasteiger partial charge on any atom is -0.478 e. The van der Waals surface area contributed by atoms with Gasteiger partial charge in [0.25, 0.3) is 35.4 Å². The maximum Gasteiger partial charge on any atom is 0.337 e. The number of imide groups is 1. The van der Waals surface area contributed by atoms with Crippen molar-refractivity contribution in [2.24, 2.45) is 0 Å². The van der Waals surface area contributed by atoms with E-state index in [2.05, 4.69) is 37.2 Å². The van der Waals surface area contributed by atoms with Crippen LogP contribution in [0.1, 0.15) is 82.9 Å². The Morgan fingerprint density at radius 2 is 0.729 bits per heavy atom. The van der Waals surface area contributed by atoms with Gasteiger partial charge in [0.1, 0.15) is 6.54 Å². The summed E-state index contributed by atoms with van der Waals surface area (Å²) >= 11 is 15.7. The fourth-order valence-electron chi connectivity index (χ4n) is 6.31. The smallest absolute Gasteiger partial charge is 0.337 e. The Morgan fingerprint density at radius 3 is 1.04 bits per heavy atom. The van der Waals surface area contributed by atoms with Gasteiger partial charge >= 0.3 is 11.9 Å². The van der Waals surface area contributed by atoms with Crippen LogP contribution in [0.4, 0.5) is 17.1 Å². The zero-order valence-electron chi connectivity index (χ0n) is 34.7. The first kappa shape index (κ1) is 58.7. The van der Waals surface area contributed by atoms with Gasteiger partial charge in [-0.2, -0.15) is 0 Å². The summed E-state index contributed by atoms with van der Waals surface area (Å²) in [6.07, 6.45) is 0. The lowest BCUT2D eigenvalue weighted by molar-refractivity contribution is -0.117. The average Bonchev–Trinajstić information content (AvgIpc) is 3.53. The van der Waals surface area contributed by atoms with Crippen LogP contribution < -0.4 is 37.2 Å². The third-order valence-corrected chi connectivity index (χ3v) is 19.2. The third-order valence-electron chi connectivity index (χ3n) is 9.53. The van der Waals surface area contributed by atoms with Crippen LogP contribution in [-0.2, 0) is 14.4 Å². The number of rotatable bonds is 15. The molecule has 5 rings (SSSR count). The summed E-state index contributed by atoms with van der Waals surface area (Å²) in [4.78, 5) is 146. The predicted octanol–water partition coefficient (Wildman–Crippen LogP) is 6.22. The van der Waals surface area contributed by atoms with Crippen LogP contribution in [0.25, 0.3) is 0 Å². The number of carbonyl (C=O) groups excluding carboxylic acids is 9. The Balaban J connectivity index is 1.49. The maximum atomic E-state index is 14.2. The van der Waals surface area contributed by atoms with E-state index in [1.807, 2.05) is 0 Å². The molecule has 70 heavy (non-hydrogen) atoms. The molecule has 30 heteroatoms. The van der Waals surface area contributed by atoms with Crippen molar-refractivity contribution in [1.29, 1.82) is 0 Å². The van der Waals surface area contributed by atoms with E-state index < -0.39 is 84.7 Å². The fraction of sp³-hybridized carbons (Fsp3) is 0.125. The number of nitrogens with one attached hydrogen (secondary N) is 7. The largest absolute Gasteiger partial charge is 0.478 e. The molecule has 0 saturated carbocycles. The molecule has 0 bridgehead atoms. The van der Waals surface area contributed by atoms with Gasteiger partial charge in [-0.15, -0.1) is 0 Å². The highest BCUT2D eigenvalue weighted by Crippen LogP contribution is 2.39. The van der Waals surface area contributed by atoms with Crippen molar-refractivity contribution in [2.45, 2.75) is 0 Å². The highest BCUT2D eigenvalue weighted by Gasteiger charge is 2.37. The molecular formula is C40H25I9N8O13. The molecule has 0 atom stereocenters. The molecule has 4 aromatic rings. The minimum absolute atomic E-state index is 0.00782. The number of nitrogens with zero attached hydrogens (tertiary/aromatic N) is 1. The third kappa shape index (κ3) is 12.2. The summed E-state index contributed by atoms with van der Waals surface area (Å²) in [5.74, 6) is -9.92. The average molecular weight is 1970 g/mol. The van der Waals surface area contributed by atoms with Crippen LogP contribution in [0.2, 0.25) is 0 Å². The number of fused-ring (bicyclic) bond motifs is 1. The van der Waals surface area contributed by atoms with Gasteiger partial charge in [0.15, 0.2) is 0 Å². The van der Waals surface area contributed by atoms with E-state index in [-0.39, 0.29) is 93.7 Å². The zero-order chi connectivity index (χ0) is 52.4. The number of carboxylic acids is 2. The normalized spacial score (nSPS) is 11.6. The summed E-state index contributed by atoms with van der Waals surface area (Å²) < 4.78 is 0.937. The summed E-state index contributed by atoms with van der Waals surface area (Å²) in [6.45, 7) is -2.24. The lowest BCUT2D eigenvalue weighted by atomic mass is 10.1. The van der Waals surface area contributed by atoms with E-state index in [1.165, 1.54) is 26.2 Å². The Kier molecular flexibility index (Phi) is 20.9. The molecule has 9 N–H and O–H groups in total. The minimum atomic E-state index is -1.37. The fourth-order valence-corrected chi connectivity index (χ4v) is 19.5. The van der Waals surface area contributed by atoms with E-state index in [0.29, 0.717) is 0 Å². The molecule has 0 fully saturated rings. The molecule has 0 spiro atoms. The van der Waals surface area contributed by atoms with Gasteiger partial charge in [-0.3, -0.25) is 48.1 Å². The van der Waals surface area contributed by atoms with Crippen LogP contribution in [0, 0.1) is 32.1 Å². The molecule has 21 nitrogen and oxygen atoms in total. The second-order valence-corrected chi connectivity index (χ2v) is 23.4. The van der Waals surface area contributed by atoms with Crippen LogP contribution in [0.15, 0.2) is 24.3 Å². The lowest BCUT2D eigenvalue weighted by Gasteiger charge is -2.21. The molecule has 1 aliphatic heterocycles. The second kappa shape index (κ2) is 24.9. The quantitative estimate of drug-likeness (QED) is 0.0473. The van der Waals surface area contributed by atoms with Gasteiger partial charge in [0.05, 0.1) is 96.1 Å². The van der Waals surface area contributed by atoms with E-state index >= 15 is 0 Å². The number of carboxylic acid groups (broad SMARTS) is 2. The number of aromatic carboxylic acids is 2. The van der Waals surface area contributed by atoms with Crippen LogP contribution in [0.5, 0.6) is 0 Å². The molecule has 0 aliphatic carbocycles. The van der Waals surface area contributed by atoms with Crippen molar-refractivity contribution in [1.82, 2.24) is 26.2 Å². The Morgan fingerprint density at radius 1 is 0.443 bits per heavy atom. The first-order valence-corrected chi connectivity index (χ1v) is 28.5. The van der Waals surface area contributed by atoms with Gasteiger partial charge in [0, 0.05) is 24.8 Å². The van der Waals surface area contributed by atoms with Gasteiger partial charge in [-0.25, -0.2) is 9.59 Å². The topological polar surface area (TPSA) is 316 Å². The maximum absolute atomic E-state index is 14.2. The summed E-state index contributed by atoms with van der Waals surface area (Å²) in [6, 6.07) is 5.98. The zero-order valence-corrected chi connectivity index (χ0v) is 54.1. The molecule has 1 aliphatic rings. The van der Waals surface area contributed by atoms with Crippen molar-refractivity contribution in [2.75, 3.05) is 49.7 Å². The number of anilines is 3. The highest BCUT2D eigenvalue weighted by molar-refractivity contribution is 14.1. The van der Waals surface area contributed by atoms with E-state index in [0.717, 1.165) is 4.90 Å². The van der Waals surface area contributed by atoms with Gasteiger partial charge in [0.2, 0.25) is 17.7 Å². The molecule has 0 aromatic heterocycles. The van der Waals surface area contributed by atoms with Crippen LogP contribution >= 0.6 is 203 Å². The van der Waals surface area contributed by atoms with Gasteiger partial charge in [-0.1, -0.05) is 12.1 Å². The Bertz CT molecular complexity index is 2890. The van der Waals surface area contributed by atoms with Crippen LogP contribution in [0.3, 0.4) is 0 Å². The van der Waals surface area contributed by atoms with E-state index in [9.17, 15) is 63.0 Å². The number of hydrogen-bond acceptors (Lipinski definition) is 11. The first-order chi connectivity index (χ1) is 32.8. The molecule has 9 amide bonds. The molecule has 1 heterocycles. The van der Waals surface area contributed by atoms with Crippen molar-refractivity contribution in [3.8, 4) is 0 Å². The van der Waals surface area contributed by atoms with E-state index in [1.54, 1.807) is 215 Å². The summed E-state index contributed by atoms with van der Waals surface area (Å²) in [5.41, 5.74) is -0.946. The van der Waals surface area contributed by atoms with E-state index in [4.69, 9.17) is 0 Å². The molecule has 0 saturated heterocycles. The van der Waals surface area contributed by atoms with Crippen molar-refractivity contribution >= 4 is 285 Å². The number of carbonyl (C=O) groups is 11. The molecular weight excluding hydrogens is 1940 g/mol. The second-order valence-electron chi connectivity index (χ2n) is 13.7. The van der Waals surface area contributed by atoms with Crippen molar-refractivity contribution in [3.05, 3.63) is 101 Å². The number of halogens is 9. The predicted molar refractivity (Wildman–Crippen MR) is 327 cm³/mol. The monoisotopic (exact) mass is 1970 g/mol.